The largest absolute Gasteiger partial charge is 0.326 e. The minimum Gasteiger partial charge on any atom is -0.326 e. The maximum absolute atomic E-state index is 12.6. The fraction of sp³-hybridized carbons (Fsp3) is 0.333. The third-order valence-electron chi connectivity index (χ3n) is 4.93. The Labute approximate surface area is 148 Å². The van der Waals surface area contributed by atoms with Crippen molar-refractivity contribution in [1.29, 1.82) is 0 Å². The Morgan fingerprint density at radius 3 is 2.44 bits per heavy atom. The molecule has 25 heavy (non-hydrogen) atoms. The second kappa shape index (κ2) is 6.71. The van der Waals surface area contributed by atoms with Gasteiger partial charge in [0.15, 0.2) is 0 Å². The molecule has 1 atom stereocenters. The lowest BCUT2D eigenvalue weighted by atomic mass is 10.1. The molecule has 1 N–H and O–H groups in total. The van der Waals surface area contributed by atoms with E-state index in [9.17, 15) is 9.59 Å². The van der Waals surface area contributed by atoms with Crippen LogP contribution in [0.2, 0.25) is 0 Å². The van der Waals surface area contributed by atoms with E-state index in [-0.39, 0.29) is 24.2 Å². The second-order valence-corrected chi connectivity index (χ2v) is 6.98. The maximum atomic E-state index is 12.6. The molecule has 2 aromatic rings. The van der Waals surface area contributed by atoms with Crippen LogP contribution in [0.1, 0.15) is 28.7 Å². The lowest BCUT2D eigenvalue weighted by Gasteiger charge is -2.19. The zero-order valence-corrected chi connectivity index (χ0v) is 15.2. The Hall–Kier alpha value is -2.62. The number of rotatable bonds is 3. The monoisotopic (exact) mass is 336 g/mol. The van der Waals surface area contributed by atoms with E-state index < -0.39 is 0 Å². The van der Waals surface area contributed by atoms with Gasteiger partial charge in [-0.2, -0.15) is 0 Å². The van der Waals surface area contributed by atoms with Gasteiger partial charge < -0.3 is 10.2 Å². The Morgan fingerprint density at radius 2 is 1.72 bits per heavy atom. The number of anilines is 2. The van der Waals surface area contributed by atoms with Crippen molar-refractivity contribution < 1.29 is 9.59 Å². The van der Waals surface area contributed by atoms with E-state index >= 15 is 0 Å². The summed E-state index contributed by atoms with van der Waals surface area (Å²) in [5.41, 5.74) is 6.18. The normalized spacial score (nSPS) is 17.0. The fourth-order valence-electron chi connectivity index (χ4n) is 3.19. The topological polar surface area (TPSA) is 49.4 Å². The average molecular weight is 336 g/mol. The molecule has 1 heterocycles. The number of nitrogens with one attached hydrogen (secondary N) is 1. The summed E-state index contributed by atoms with van der Waals surface area (Å²) in [4.78, 5) is 26.8. The molecule has 2 amide bonds. The van der Waals surface area contributed by atoms with E-state index in [0.29, 0.717) is 6.54 Å². The number of aryl methyl sites for hydroxylation is 4. The van der Waals surface area contributed by atoms with Gasteiger partial charge in [0.1, 0.15) is 0 Å². The number of carbonyl (C=O) groups is 2. The zero-order valence-electron chi connectivity index (χ0n) is 15.2. The predicted molar refractivity (Wildman–Crippen MR) is 101 cm³/mol. The summed E-state index contributed by atoms with van der Waals surface area (Å²) < 4.78 is 0. The van der Waals surface area contributed by atoms with Gasteiger partial charge in [0, 0.05) is 24.3 Å². The molecule has 0 saturated carbocycles. The van der Waals surface area contributed by atoms with E-state index in [1.807, 2.05) is 64.1 Å². The molecule has 1 aliphatic rings. The Bertz CT molecular complexity index is 842. The molecule has 1 fully saturated rings. The molecule has 3 rings (SSSR count). The van der Waals surface area contributed by atoms with E-state index in [0.717, 1.165) is 28.1 Å². The fourth-order valence-corrected chi connectivity index (χ4v) is 3.19. The predicted octanol–water partition coefficient (Wildman–Crippen LogP) is 3.91. The van der Waals surface area contributed by atoms with Gasteiger partial charge >= 0.3 is 0 Å². The maximum Gasteiger partial charge on any atom is 0.229 e. The third-order valence-corrected chi connectivity index (χ3v) is 4.93. The smallest absolute Gasteiger partial charge is 0.229 e. The molecule has 1 saturated heterocycles. The highest BCUT2D eigenvalue weighted by atomic mass is 16.2. The Morgan fingerprint density at radius 1 is 1.00 bits per heavy atom. The standard InChI is InChI=1S/C21H24N2O2/c1-13-5-6-15(3)19(9-13)23-12-17(11-20(23)24)21(25)22-18-8-7-14(2)16(4)10-18/h5-10,17H,11-12H2,1-4H3,(H,22,25)/t17-/m1/s1. The number of hydrogen-bond acceptors (Lipinski definition) is 2. The highest BCUT2D eigenvalue weighted by Gasteiger charge is 2.35. The van der Waals surface area contributed by atoms with Crippen molar-refractivity contribution in [3.63, 3.8) is 0 Å². The van der Waals surface area contributed by atoms with Crippen LogP contribution in [-0.2, 0) is 9.59 Å². The molecule has 2 aromatic carbocycles. The van der Waals surface area contributed by atoms with Crippen LogP contribution in [0.5, 0.6) is 0 Å². The Balaban J connectivity index is 1.74. The molecule has 0 aliphatic carbocycles. The summed E-state index contributed by atoms with van der Waals surface area (Å²) in [6.45, 7) is 8.49. The molecule has 0 spiro atoms. The summed E-state index contributed by atoms with van der Waals surface area (Å²) in [5, 5.41) is 2.95. The van der Waals surface area contributed by atoms with E-state index in [4.69, 9.17) is 0 Å². The van der Waals surface area contributed by atoms with Crippen molar-refractivity contribution in [2.24, 2.45) is 5.92 Å². The molecule has 0 aromatic heterocycles. The van der Waals surface area contributed by atoms with Gasteiger partial charge in [-0.25, -0.2) is 0 Å². The molecule has 0 radical (unpaired) electrons. The van der Waals surface area contributed by atoms with Crippen LogP contribution < -0.4 is 10.2 Å². The second-order valence-electron chi connectivity index (χ2n) is 6.98. The quantitative estimate of drug-likeness (QED) is 0.924. The van der Waals surface area contributed by atoms with Crippen molar-refractivity contribution in [2.45, 2.75) is 34.1 Å². The summed E-state index contributed by atoms with van der Waals surface area (Å²) in [6, 6.07) is 11.9. The zero-order chi connectivity index (χ0) is 18.1. The number of benzene rings is 2. The van der Waals surface area contributed by atoms with Crippen molar-refractivity contribution >= 4 is 23.2 Å². The van der Waals surface area contributed by atoms with Crippen LogP contribution in [-0.4, -0.2) is 18.4 Å². The molecule has 0 bridgehead atoms. The highest BCUT2D eigenvalue weighted by molar-refractivity contribution is 6.03. The number of amides is 2. The summed E-state index contributed by atoms with van der Waals surface area (Å²) in [5.74, 6) is -0.410. The summed E-state index contributed by atoms with van der Waals surface area (Å²) in [7, 11) is 0. The van der Waals surface area contributed by atoms with Crippen LogP contribution in [0.3, 0.4) is 0 Å². The number of hydrogen-bond donors (Lipinski definition) is 1. The van der Waals surface area contributed by atoms with Crippen molar-refractivity contribution in [3.8, 4) is 0 Å². The minimum atomic E-state index is -0.325. The van der Waals surface area contributed by atoms with Crippen LogP contribution in [0, 0.1) is 33.6 Å². The van der Waals surface area contributed by atoms with Crippen molar-refractivity contribution in [3.05, 3.63) is 58.7 Å². The number of carbonyl (C=O) groups excluding carboxylic acids is 2. The molecule has 1 aliphatic heterocycles. The Kier molecular flexibility index (Phi) is 4.62. The molecular formula is C21H24N2O2. The van der Waals surface area contributed by atoms with Crippen LogP contribution in [0.25, 0.3) is 0 Å². The van der Waals surface area contributed by atoms with Gasteiger partial charge in [0.2, 0.25) is 11.8 Å². The van der Waals surface area contributed by atoms with Gasteiger partial charge in [-0.1, -0.05) is 18.2 Å². The van der Waals surface area contributed by atoms with Crippen LogP contribution in [0.4, 0.5) is 11.4 Å². The molecule has 4 heteroatoms. The molecule has 130 valence electrons. The first-order valence-electron chi connectivity index (χ1n) is 8.61. The van der Waals surface area contributed by atoms with E-state index in [1.165, 1.54) is 5.56 Å². The lowest BCUT2D eigenvalue weighted by Crippen LogP contribution is -2.28. The first-order valence-corrected chi connectivity index (χ1v) is 8.61. The van der Waals surface area contributed by atoms with Crippen LogP contribution in [0.15, 0.2) is 36.4 Å². The van der Waals surface area contributed by atoms with Crippen LogP contribution >= 0.6 is 0 Å². The van der Waals surface area contributed by atoms with E-state index in [1.54, 1.807) is 4.90 Å². The van der Waals surface area contributed by atoms with Gasteiger partial charge in [0.05, 0.1) is 5.92 Å². The van der Waals surface area contributed by atoms with Gasteiger partial charge in [-0.3, -0.25) is 9.59 Å². The lowest BCUT2D eigenvalue weighted by molar-refractivity contribution is -0.122. The molecule has 4 nitrogen and oxygen atoms in total. The highest BCUT2D eigenvalue weighted by Crippen LogP contribution is 2.29. The minimum absolute atomic E-state index is 0.00827. The SMILES string of the molecule is Cc1ccc(C)c(N2C[C@H](C(=O)Nc3ccc(C)c(C)c3)CC2=O)c1. The first-order chi connectivity index (χ1) is 11.8. The molecular weight excluding hydrogens is 312 g/mol. The average Bonchev–Trinajstić information content (AvgIpc) is 2.95. The third kappa shape index (κ3) is 3.58. The van der Waals surface area contributed by atoms with E-state index in [2.05, 4.69) is 5.32 Å². The summed E-state index contributed by atoms with van der Waals surface area (Å²) in [6.07, 6.45) is 0.254. The van der Waals surface area contributed by atoms with Gasteiger partial charge in [-0.15, -0.1) is 0 Å². The van der Waals surface area contributed by atoms with Gasteiger partial charge in [0.25, 0.3) is 0 Å². The number of nitrogens with zero attached hydrogens (tertiary/aromatic N) is 1. The van der Waals surface area contributed by atoms with Crippen molar-refractivity contribution in [2.75, 3.05) is 16.8 Å². The first kappa shape index (κ1) is 17.2. The van der Waals surface area contributed by atoms with Crippen molar-refractivity contribution in [1.82, 2.24) is 0 Å². The molecule has 0 unspecified atom stereocenters. The summed E-state index contributed by atoms with van der Waals surface area (Å²) >= 11 is 0. The van der Waals surface area contributed by atoms with Gasteiger partial charge in [-0.05, 0) is 68.1 Å².